The van der Waals surface area contributed by atoms with E-state index < -0.39 is 0 Å². The van der Waals surface area contributed by atoms with Crippen molar-refractivity contribution in [1.29, 1.82) is 5.26 Å². The Morgan fingerprint density at radius 3 is 2.83 bits per heavy atom. The van der Waals surface area contributed by atoms with Crippen molar-refractivity contribution < 1.29 is 4.79 Å². The number of likely N-dealkylation sites (tertiary alicyclic amines) is 2. The molecule has 2 aliphatic rings. The Hall–Kier alpha value is -3.68. The molecular weight excluding hydrogens is 472 g/mol. The van der Waals surface area contributed by atoms with Crippen LogP contribution in [0.3, 0.4) is 0 Å². The molecular formula is C26H26N8OS. The third-order valence-electron chi connectivity index (χ3n) is 7.14. The van der Waals surface area contributed by atoms with Crippen molar-refractivity contribution in [3.63, 3.8) is 0 Å². The Balaban J connectivity index is 1.26. The van der Waals surface area contributed by atoms with Gasteiger partial charge in [0.05, 0.1) is 35.6 Å². The van der Waals surface area contributed by atoms with E-state index in [0.717, 1.165) is 58.9 Å². The van der Waals surface area contributed by atoms with Gasteiger partial charge in [-0.05, 0) is 51.1 Å². The lowest BCUT2D eigenvalue weighted by Gasteiger charge is -2.25. The second-order valence-corrected chi connectivity index (χ2v) is 10.5. The summed E-state index contributed by atoms with van der Waals surface area (Å²) < 4.78 is 3.74. The van der Waals surface area contributed by atoms with Crippen molar-refractivity contribution in [1.82, 2.24) is 34.2 Å². The summed E-state index contributed by atoms with van der Waals surface area (Å²) in [7, 11) is 2.04. The normalized spacial score (nSPS) is 20.3. The number of aromatic nitrogens is 5. The molecule has 0 unspecified atom stereocenters. The molecule has 4 aromatic rings. The van der Waals surface area contributed by atoms with E-state index in [2.05, 4.69) is 32.2 Å². The number of amides is 1. The number of rotatable bonds is 5. The maximum Gasteiger partial charge on any atom is 0.239 e. The Morgan fingerprint density at radius 1 is 1.14 bits per heavy atom. The molecule has 0 radical (unpaired) electrons. The zero-order chi connectivity index (χ0) is 24.6. The Kier molecular flexibility index (Phi) is 5.95. The Labute approximate surface area is 213 Å². The van der Waals surface area contributed by atoms with Gasteiger partial charge < -0.3 is 4.90 Å². The number of fused-ring (bicyclic) bond motifs is 1. The molecule has 10 heteroatoms. The number of hydrogen-bond donors (Lipinski definition) is 0. The highest BCUT2D eigenvalue weighted by molar-refractivity contribution is 7.99. The average Bonchev–Trinajstić information content (AvgIpc) is 3.70. The predicted molar refractivity (Wildman–Crippen MR) is 135 cm³/mol. The lowest BCUT2D eigenvalue weighted by atomic mass is 10.1. The molecule has 6 rings (SSSR count). The molecule has 4 aromatic heterocycles. The summed E-state index contributed by atoms with van der Waals surface area (Å²) in [6, 6.07) is 10.3. The van der Waals surface area contributed by atoms with Crippen LogP contribution in [0.5, 0.6) is 0 Å². The molecule has 0 aromatic carbocycles. The highest BCUT2D eigenvalue weighted by Gasteiger charge is 2.35. The minimum absolute atomic E-state index is 0.0195. The first kappa shape index (κ1) is 22.8. The van der Waals surface area contributed by atoms with E-state index in [1.165, 1.54) is 11.8 Å². The van der Waals surface area contributed by atoms with E-state index in [1.54, 1.807) is 16.9 Å². The molecule has 9 nitrogen and oxygen atoms in total. The number of pyridine rings is 2. The van der Waals surface area contributed by atoms with Crippen LogP contribution < -0.4 is 0 Å². The van der Waals surface area contributed by atoms with Crippen molar-refractivity contribution in [2.45, 2.75) is 41.3 Å². The third-order valence-corrected chi connectivity index (χ3v) is 8.12. The first-order chi connectivity index (χ1) is 17.6. The fourth-order valence-electron chi connectivity index (χ4n) is 5.20. The van der Waals surface area contributed by atoms with Crippen LogP contribution in [0, 0.1) is 11.3 Å². The first-order valence-corrected chi connectivity index (χ1v) is 13.0. The fourth-order valence-corrected chi connectivity index (χ4v) is 6.17. The molecule has 0 aliphatic carbocycles. The van der Waals surface area contributed by atoms with Gasteiger partial charge in [-0.3, -0.25) is 14.4 Å². The fraction of sp³-hybridized carbons (Fsp3) is 0.346. The molecule has 2 saturated heterocycles. The molecule has 0 bridgehead atoms. The lowest BCUT2D eigenvalue weighted by Crippen LogP contribution is -2.43. The minimum atomic E-state index is 0.0195. The molecule has 0 spiro atoms. The van der Waals surface area contributed by atoms with Crippen LogP contribution in [0.4, 0.5) is 0 Å². The second kappa shape index (κ2) is 9.41. The molecule has 182 valence electrons. The highest BCUT2D eigenvalue weighted by Crippen LogP contribution is 2.35. The summed E-state index contributed by atoms with van der Waals surface area (Å²) in [4.78, 5) is 22.5. The highest BCUT2D eigenvalue weighted by atomic mass is 32.2. The second-order valence-electron chi connectivity index (χ2n) is 9.40. The van der Waals surface area contributed by atoms with Crippen LogP contribution in [0.25, 0.3) is 16.6 Å². The molecule has 2 atom stereocenters. The Morgan fingerprint density at radius 2 is 2.06 bits per heavy atom. The molecule has 36 heavy (non-hydrogen) atoms. The smallest absolute Gasteiger partial charge is 0.239 e. The average molecular weight is 499 g/mol. The summed E-state index contributed by atoms with van der Waals surface area (Å²) in [6.07, 6.45) is 12.1. The van der Waals surface area contributed by atoms with Gasteiger partial charge in [-0.15, -0.1) is 0 Å². The Bertz CT molecular complexity index is 1460. The first-order valence-electron chi connectivity index (χ1n) is 12.1. The number of carbonyl (C=O) groups is 1. The molecule has 2 aliphatic heterocycles. The van der Waals surface area contributed by atoms with Crippen LogP contribution in [-0.4, -0.2) is 72.8 Å². The van der Waals surface area contributed by atoms with Gasteiger partial charge in [0.25, 0.3) is 0 Å². The zero-order valence-corrected chi connectivity index (χ0v) is 20.8. The molecule has 0 saturated carbocycles. The van der Waals surface area contributed by atoms with E-state index in [0.29, 0.717) is 12.1 Å². The zero-order valence-electron chi connectivity index (χ0n) is 20.0. The summed E-state index contributed by atoms with van der Waals surface area (Å²) in [6.45, 7) is 2.45. The van der Waals surface area contributed by atoms with Crippen molar-refractivity contribution in [3.8, 4) is 17.2 Å². The number of likely N-dealkylation sites (N-methyl/N-ethyl adjacent to an activating group) is 1. The van der Waals surface area contributed by atoms with Crippen molar-refractivity contribution >= 4 is 23.2 Å². The largest absolute Gasteiger partial charge is 0.339 e. The lowest BCUT2D eigenvalue weighted by molar-refractivity contribution is -0.134. The van der Waals surface area contributed by atoms with Gasteiger partial charge in [-0.25, -0.2) is 9.50 Å². The van der Waals surface area contributed by atoms with Crippen LogP contribution in [-0.2, 0) is 4.79 Å². The van der Waals surface area contributed by atoms with Crippen LogP contribution >= 0.6 is 11.8 Å². The summed E-state index contributed by atoms with van der Waals surface area (Å²) in [5.41, 5.74) is 3.22. The SMILES string of the molecule is CN1CCC[C@H]1C(=O)N1CC[C@H](n2cc(-c3cc(Sc4ccccn4)c4c(C#N)cnn4c3)cn2)C1. The number of carbonyl (C=O) groups excluding carboxylic acids is 1. The topological polar surface area (TPSA) is 95.3 Å². The molecule has 6 heterocycles. The maximum atomic E-state index is 13.0. The van der Waals surface area contributed by atoms with Crippen LogP contribution in [0.1, 0.15) is 30.9 Å². The van der Waals surface area contributed by atoms with Gasteiger partial charge in [-0.1, -0.05) is 17.8 Å². The monoisotopic (exact) mass is 498 g/mol. The summed E-state index contributed by atoms with van der Waals surface area (Å²) in [5, 5.41) is 19.5. The maximum absolute atomic E-state index is 13.0. The quantitative estimate of drug-likeness (QED) is 0.416. The van der Waals surface area contributed by atoms with Gasteiger partial charge >= 0.3 is 0 Å². The van der Waals surface area contributed by atoms with Gasteiger partial charge in [0, 0.05) is 47.7 Å². The van der Waals surface area contributed by atoms with E-state index >= 15 is 0 Å². The van der Waals surface area contributed by atoms with Gasteiger partial charge in [0.15, 0.2) is 0 Å². The van der Waals surface area contributed by atoms with Gasteiger partial charge in [0.1, 0.15) is 11.1 Å². The van der Waals surface area contributed by atoms with Crippen LogP contribution in [0.2, 0.25) is 0 Å². The number of nitrogens with zero attached hydrogens (tertiary/aromatic N) is 8. The summed E-state index contributed by atoms with van der Waals surface area (Å²) >= 11 is 1.51. The summed E-state index contributed by atoms with van der Waals surface area (Å²) in [5.74, 6) is 0.249. The number of hydrogen-bond acceptors (Lipinski definition) is 7. The van der Waals surface area contributed by atoms with Gasteiger partial charge in [-0.2, -0.15) is 15.5 Å². The molecule has 0 N–H and O–H groups in total. The molecule has 2 fully saturated rings. The van der Waals surface area contributed by atoms with Crippen LogP contribution in [0.15, 0.2) is 65.2 Å². The van der Waals surface area contributed by atoms with Crippen molar-refractivity contribution in [3.05, 3.63) is 60.8 Å². The van der Waals surface area contributed by atoms with Crippen molar-refractivity contribution in [2.75, 3.05) is 26.7 Å². The van der Waals surface area contributed by atoms with E-state index in [9.17, 15) is 10.1 Å². The minimum Gasteiger partial charge on any atom is -0.339 e. The van der Waals surface area contributed by atoms with E-state index in [4.69, 9.17) is 0 Å². The number of nitriles is 1. The van der Waals surface area contributed by atoms with Gasteiger partial charge in [0.2, 0.25) is 5.91 Å². The molecule has 1 amide bonds. The standard InChI is InChI=1S/C26H26N8OS/c1-31-9-4-5-22(31)26(35)32-10-7-21(17-32)33-16-20(14-29-33)18-11-23(36-24-6-2-3-8-28-24)25-19(12-27)13-30-34(25)15-18/h2-3,6,8,11,13-16,21-22H,4-5,7,9-10,17H2,1H3/t21-,22-/m0/s1. The van der Waals surface area contributed by atoms with E-state index in [-0.39, 0.29) is 18.0 Å². The van der Waals surface area contributed by atoms with E-state index in [1.807, 2.05) is 53.4 Å². The predicted octanol–water partition coefficient (Wildman–Crippen LogP) is 3.48. The third kappa shape index (κ3) is 4.14. The van der Waals surface area contributed by atoms with Crippen molar-refractivity contribution in [2.24, 2.45) is 0 Å².